The lowest BCUT2D eigenvalue weighted by Gasteiger charge is -2.36. The van der Waals surface area contributed by atoms with Crippen LogP contribution < -0.4 is 0 Å². The fourth-order valence-corrected chi connectivity index (χ4v) is 5.28. The SMILES string of the molecule is CCC1C2CC(C3C=CC(C)C3)C(C2)C1C. The number of fused-ring (bicyclic) bond motifs is 2. The number of allylic oxidation sites excluding steroid dienone is 2. The van der Waals surface area contributed by atoms with Crippen LogP contribution in [0, 0.1) is 41.4 Å². The average molecular weight is 218 g/mol. The van der Waals surface area contributed by atoms with E-state index in [1.807, 2.05) is 0 Å². The molecule has 3 aliphatic carbocycles. The van der Waals surface area contributed by atoms with Crippen LogP contribution in [0.25, 0.3) is 0 Å². The van der Waals surface area contributed by atoms with Gasteiger partial charge in [-0.05, 0) is 60.7 Å². The van der Waals surface area contributed by atoms with Crippen LogP contribution in [0.2, 0.25) is 0 Å². The first-order chi connectivity index (χ1) is 7.70. The van der Waals surface area contributed by atoms with Crippen molar-refractivity contribution in [1.29, 1.82) is 0 Å². The molecule has 0 heteroatoms. The van der Waals surface area contributed by atoms with E-state index in [2.05, 4.69) is 32.9 Å². The molecule has 16 heavy (non-hydrogen) atoms. The van der Waals surface area contributed by atoms with Crippen LogP contribution in [-0.4, -0.2) is 0 Å². The Labute approximate surface area is 101 Å². The summed E-state index contributed by atoms with van der Waals surface area (Å²) in [6, 6.07) is 0. The third kappa shape index (κ3) is 1.49. The minimum absolute atomic E-state index is 0.849. The van der Waals surface area contributed by atoms with E-state index in [1.54, 1.807) is 12.8 Å². The van der Waals surface area contributed by atoms with Crippen molar-refractivity contribution >= 4 is 0 Å². The summed E-state index contributed by atoms with van der Waals surface area (Å²) in [6.07, 6.45) is 11.0. The molecule has 3 rings (SSSR count). The lowest BCUT2D eigenvalue weighted by atomic mass is 9.69. The lowest BCUT2D eigenvalue weighted by Crippen LogP contribution is -2.29. The van der Waals surface area contributed by atoms with Crippen molar-refractivity contribution in [1.82, 2.24) is 0 Å². The number of hydrogen-bond donors (Lipinski definition) is 0. The second kappa shape index (κ2) is 3.89. The molecule has 0 aliphatic heterocycles. The van der Waals surface area contributed by atoms with Gasteiger partial charge >= 0.3 is 0 Å². The Hall–Kier alpha value is -0.260. The average Bonchev–Trinajstić information content (AvgIpc) is 2.91. The minimum atomic E-state index is 0.849. The second-order valence-electron chi connectivity index (χ2n) is 6.75. The summed E-state index contributed by atoms with van der Waals surface area (Å²) in [7, 11) is 0. The van der Waals surface area contributed by atoms with Crippen LogP contribution in [0.15, 0.2) is 12.2 Å². The molecule has 0 saturated heterocycles. The van der Waals surface area contributed by atoms with E-state index in [9.17, 15) is 0 Å². The van der Waals surface area contributed by atoms with E-state index in [4.69, 9.17) is 0 Å². The fraction of sp³-hybridized carbons (Fsp3) is 0.875. The Bertz CT molecular complexity index is 288. The largest absolute Gasteiger partial charge is 0.0854 e. The maximum atomic E-state index is 2.55. The molecule has 0 nitrogen and oxygen atoms in total. The smallest absolute Gasteiger partial charge is 0.0197 e. The molecule has 0 aromatic rings. The van der Waals surface area contributed by atoms with E-state index in [0.29, 0.717) is 0 Å². The van der Waals surface area contributed by atoms with Gasteiger partial charge in [0.1, 0.15) is 0 Å². The molecule has 7 unspecified atom stereocenters. The Kier molecular flexibility index (Phi) is 2.64. The van der Waals surface area contributed by atoms with Crippen molar-refractivity contribution in [2.24, 2.45) is 41.4 Å². The molecule has 0 aromatic heterocycles. The van der Waals surface area contributed by atoms with Crippen molar-refractivity contribution < 1.29 is 0 Å². The van der Waals surface area contributed by atoms with Gasteiger partial charge in [-0.2, -0.15) is 0 Å². The Morgan fingerprint density at radius 2 is 1.75 bits per heavy atom. The summed E-state index contributed by atoms with van der Waals surface area (Å²) in [5.74, 6) is 7.05. The van der Waals surface area contributed by atoms with Gasteiger partial charge in [-0.15, -0.1) is 0 Å². The van der Waals surface area contributed by atoms with Crippen molar-refractivity contribution in [3.05, 3.63) is 12.2 Å². The summed E-state index contributed by atoms with van der Waals surface area (Å²) in [5.41, 5.74) is 0. The monoisotopic (exact) mass is 218 g/mol. The molecule has 2 bridgehead atoms. The van der Waals surface area contributed by atoms with Gasteiger partial charge in [0.15, 0.2) is 0 Å². The predicted octanol–water partition coefficient (Wildman–Crippen LogP) is 4.52. The molecule has 0 amide bonds. The topological polar surface area (TPSA) is 0 Å². The summed E-state index contributed by atoms with van der Waals surface area (Å²) in [6.45, 7) is 7.31. The third-order valence-corrected chi connectivity index (χ3v) is 6.01. The van der Waals surface area contributed by atoms with Crippen LogP contribution in [0.4, 0.5) is 0 Å². The quantitative estimate of drug-likeness (QED) is 0.598. The zero-order valence-corrected chi connectivity index (χ0v) is 11.0. The fourth-order valence-electron chi connectivity index (χ4n) is 5.28. The molecule has 0 N–H and O–H groups in total. The highest BCUT2D eigenvalue weighted by Crippen LogP contribution is 2.59. The second-order valence-corrected chi connectivity index (χ2v) is 6.75. The maximum Gasteiger partial charge on any atom is -0.0197 e. The van der Waals surface area contributed by atoms with Gasteiger partial charge in [-0.25, -0.2) is 0 Å². The highest BCUT2D eigenvalue weighted by atomic mass is 14.6. The van der Waals surface area contributed by atoms with Gasteiger partial charge in [0.25, 0.3) is 0 Å². The highest BCUT2D eigenvalue weighted by Gasteiger charge is 2.51. The number of hydrogen-bond acceptors (Lipinski definition) is 0. The molecule has 2 fully saturated rings. The van der Waals surface area contributed by atoms with Gasteiger partial charge in [-0.1, -0.05) is 39.3 Å². The normalized spacial score (nSPS) is 55.1. The van der Waals surface area contributed by atoms with Crippen molar-refractivity contribution in [2.45, 2.75) is 46.5 Å². The van der Waals surface area contributed by atoms with Crippen LogP contribution in [-0.2, 0) is 0 Å². The zero-order chi connectivity index (χ0) is 11.3. The first-order valence-corrected chi connectivity index (χ1v) is 7.39. The molecule has 0 radical (unpaired) electrons. The molecular formula is C16H26. The molecule has 0 aromatic carbocycles. The third-order valence-electron chi connectivity index (χ3n) is 6.01. The molecule has 0 spiro atoms. The molecule has 0 heterocycles. The Morgan fingerprint density at radius 1 is 1.00 bits per heavy atom. The first kappa shape index (κ1) is 10.9. The molecule has 7 atom stereocenters. The van der Waals surface area contributed by atoms with E-state index >= 15 is 0 Å². The molecule has 2 saturated carbocycles. The Balaban J connectivity index is 1.71. The minimum Gasteiger partial charge on any atom is -0.0854 e. The van der Waals surface area contributed by atoms with Gasteiger partial charge < -0.3 is 0 Å². The van der Waals surface area contributed by atoms with Gasteiger partial charge in [-0.3, -0.25) is 0 Å². The van der Waals surface area contributed by atoms with Gasteiger partial charge in [0, 0.05) is 0 Å². The van der Waals surface area contributed by atoms with Gasteiger partial charge in [0.05, 0.1) is 0 Å². The standard InChI is InChI=1S/C16H26/c1-4-14-11(3)15-8-13(14)9-16(15)12-6-5-10(2)7-12/h5-6,10-16H,4,7-9H2,1-3H3. The van der Waals surface area contributed by atoms with Gasteiger partial charge in [0.2, 0.25) is 0 Å². The van der Waals surface area contributed by atoms with E-state index < -0.39 is 0 Å². The number of rotatable bonds is 2. The molecular weight excluding hydrogens is 192 g/mol. The lowest BCUT2D eigenvalue weighted by molar-refractivity contribution is 0.139. The maximum absolute atomic E-state index is 2.55. The van der Waals surface area contributed by atoms with Crippen LogP contribution in [0.3, 0.4) is 0 Å². The highest BCUT2D eigenvalue weighted by molar-refractivity contribution is 5.08. The molecule has 90 valence electrons. The van der Waals surface area contributed by atoms with Crippen LogP contribution in [0.1, 0.15) is 46.5 Å². The summed E-state index contributed by atoms with van der Waals surface area (Å²) >= 11 is 0. The summed E-state index contributed by atoms with van der Waals surface area (Å²) in [4.78, 5) is 0. The predicted molar refractivity (Wildman–Crippen MR) is 69.1 cm³/mol. The van der Waals surface area contributed by atoms with Crippen molar-refractivity contribution in [3.63, 3.8) is 0 Å². The van der Waals surface area contributed by atoms with Crippen molar-refractivity contribution in [3.8, 4) is 0 Å². The zero-order valence-electron chi connectivity index (χ0n) is 11.0. The van der Waals surface area contributed by atoms with Crippen molar-refractivity contribution in [2.75, 3.05) is 0 Å². The first-order valence-electron chi connectivity index (χ1n) is 7.39. The van der Waals surface area contributed by atoms with E-state index in [0.717, 1.165) is 41.4 Å². The summed E-state index contributed by atoms with van der Waals surface area (Å²) in [5, 5.41) is 0. The Morgan fingerprint density at radius 3 is 2.31 bits per heavy atom. The van der Waals surface area contributed by atoms with E-state index in [1.165, 1.54) is 12.8 Å². The van der Waals surface area contributed by atoms with Crippen LogP contribution in [0.5, 0.6) is 0 Å². The van der Waals surface area contributed by atoms with E-state index in [-0.39, 0.29) is 0 Å². The summed E-state index contributed by atoms with van der Waals surface area (Å²) < 4.78 is 0. The molecule has 3 aliphatic rings. The van der Waals surface area contributed by atoms with Crippen LogP contribution >= 0.6 is 0 Å².